The highest BCUT2D eigenvalue weighted by Gasteiger charge is 2.12. The Labute approximate surface area is 125 Å². The third-order valence-electron chi connectivity index (χ3n) is 3.23. The third-order valence-corrected chi connectivity index (χ3v) is 4.66. The molecule has 7 heteroatoms. The number of rotatable bonds is 8. The first-order chi connectivity index (χ1) is 9.94. The molecular formula is C14H22N2O4S. The molecular weight excluding hydrogens is 292 g/mol. The monoisotopic (exact) mass is 314 g/mol. The third kappa shape index (κ3) is 5.11. The molecule has 1 aromatic carbocycles. The Morgan fingerprint density at radius 1 is 1.29 bits per heavy atom. The summed E-state index contributed by atoms with van der Waals surface area (Å²) >= 11 is 0. The summed E-state index contributed by atoms with van der Waals surface area (Å²) in [5, 5.41) is 8.88. The first kappa shape index (κ1) is 17.6. The van der Waals surface area contributed by atoms with Crippen LogP contribution in [0.4, 0.5) is 0 Å². The molecule has 1 aromatic rings. The van der Waals surface area contributed by atoms with Crippen molar-refractivity contribution in [1.29, 1.82) is 0 Å². The van der Waals surface area contributed by atoms with Gasteiger partial charge in [-0.2, -0.15) is 0 Å². The lowest BCUT2D eigenvalue weighted by molar-refractivity contribution is -0.131. The van der Waals surface area contributed by atoms with Gasteiger partial charge in [-0.1, -0.05) is 12.1 Å². The first-order valence-corrected chi connectivity index (χ1v) is 8.34. The summed E-state index contributed by atoms with van der Waals surface area (Å²) in [6.45, 7) is 2.73. The maximum atomic E-state index is 11.9. The standard InChI is InChI=1S/C14H22N2O4S/c1-3-16(10-11-17)14(18)9-6-12-4-7-13(8-5-12)21(19,20)15-2/h4-5,7-8,15,17H,3,6,9-11H2,1-2H3. The van der Waals surface area contributed by atoms with Crippen molar-refractivity contribution in [1.82, 2.24) is 9.62 Å². The Hall–Kier alpha value is -1.44. The van der Waals surface area contributed by atoms with Gasteiger partial charge in [0.15, 0.2) is 0 Å². The topological polar surface area (TPSA) is 86.7 Å². The van der Waals surface area contributed by atoms with Crippen molar-refractivity contribution in [3.05, 3.63) is 29.8 Å². The fourth-order valence-corrected chi connectivity index (χ4v) is 2.67. The molecule has 2 N–H and O–H groups in total. The molecule has 0 saturated carbocycles. The molecule has 0 heterocycles. The zero-order valence-corrected chi connectivity index (χ0v) is 13.2. The van der Waals surface area contributed by atoms with Gasteiger partial charge in [-0.05, 0) is 38.1 Å². The van der Waals surface area contributed by atoms with E-state index in [0.29, 0.717) is 25.9 Å². The van der Waals surface area contributed by atoms with Crippen molar-refractivity contribution in [2.24, 2.45) is 0 Å². The summed E-state index contributed by atoms with van der Waals surface area (Å²) in [6, 6.07) is 6.47. The van der Waals surface area contributed by atoms with Gasteiger partial charge in [-0.3, -0.25) is 4.79 Å². The smallest absolute Gasteiger partial charge is 0.240 e. The number of carbonyl (C=O) groups excluding carboxylic acids is 1. The van der Waals surface area contributed by atoms with Crippen molar-refractivity contribution >= 4 is 15.9 Å². The molecule has 0 aliphatic carbocycles. The van der Waals surface area contributed by atoms with Gasteiger partial charge < -0.3 is 10.0 Å². The summed E-state index contributed by atoms with van der Waals surface area (Å²) in [4.78, 5) is 13.7. The lowest BCUT2D eigenvalue weighted by Gasteiger charge is -2.19. The minimum atomic E-state index is -3.42. The van der Waals surface area contributed by atoms with Gasteiger partial charge in [0.2, 0.25) is 15.9 Å². The second kappa shape index (κ2) is 8.11. The predicted octanol–water partition coefficient (Wildman–Crippen LogP) is 0.368. The molecule has 0 fully saturated rings. The normalized spacial score (nSPS) is 11.4. The van der Waals surface area contributed by atoms with Crippen LogP contribution in [0.2, 0.25) is 0 Å². The van der Waals surface area contributed by atoms with Crippen molar-refractivity contribution in [2.75, 3.05) is 26.7 Å². The van der Waals surface area contributed by atoms with Crippen LogP contribution < -0.4 is 4.72 Å². The van der Waals surface area contributed by atoms with Gasteiger partial charge in [-0.25, -0.2) is 13.1 Å². The Kier molecular flexibility index (Phi) is 6.80. The minimum absolute atomic E-state index is 0.0153. The average molecular weight is 314 g/mol. The van der Waals surface area contributed by atoms with Crippen LogP contribution in [0.3, 0.4) is 0 Å². The van der Waals surface area contributed by atoms with E-state index in [1.165, 1.54) is 19.2 Å². The number of nitrogens with one attached hydrogen (secondary N) is 1. The van der Waals surface area contributed by atoms with Gasteiger partial charge in [0.1, 0.15) is 0 Å². The number of benzene rings is 1. The summed E-state index contributed by atoms with van der Waals surface area (Å²) in [6.07, 6.45) is 0.882. The zero-order valence-electron chi connectivity index (χ0n) is 12.4. The van der Waals surface area contributed by atoms with Crippen molar-refractivity contribution in [3.8, 4) is 0 Å². The van der Waals surface area contributed by atoms with Crippen LogP contribution in [0.15, 0.2) is 29.2 Å². The first-order valence-electron chi connectivity index (χ1n) is 6.85. The maximum Gasteiger partial charge on any atom is 0.240 e. The molecule has 0 bridgehead atoms. The molecule has 21 heavy (non-hydrogen) atoms. The van der Waals surface area contributed by atoms with Crippen LogP contribution in [0.25, 0.3) is 0 Å². The van der Waals surface area contributed by atoms with Crippen LogP contribution >= 0.6 is 0 Å². The van der Waals surface area contributed by atoms with Gasteiger partial charge in [0, 0.05) is 19.5 Å². The lowest BCUT2D eigenvalue weighted by atomic mass is 10.1. The highest BCUT2D eigenvalue weighted by molar-refractivity contribution is 7.89. The maximum absolute atomic E-state index is 11.9. The van der Waals surface area contributed by atoms with E-state index >= 15 is 0 Å². The molecule has 0 saturated heterocycles. The lowest BCUT2D eigenvalue weighted by Crippen LogP contribution is -2.33. The molecule has 0 aliphatic rings. The van der Waals surface area contributed by atoms with Crippen molar-refractivity contribution < 1.29 is 18.3 Å². The average Bonchev–Trinajstić information content (AvgIpc) is 2.50. The second-order valence-corrected chi connectivity index (χ2v) is 6.44. The fraction of sp³-hybridized carbons (Fsp3) is 0.500. The van der Waals surface area contributed by atoms with Crippen LogP contribution in [-0.4, -0.2) is 51.1 Å². The molecule has 0 spiro atoms. The molecule has 0 aliphatic heterocycles. The minimum Gasteiger partial charge on any atom is -0.395 e. The van der Waals surface area contributed by atoms with Gasteiger partial charge in [-0.15, -0.1) is 0 Å². The number of aliphatic hydroxyl groups excluding tert-OH is 1. The quantitative estimate of drug-likeness (QED) is 0.726. The largest absolute Gasteiger partial charge is 0.395 e. The molecule has 1 amide bonds. The molecule has 118 valence electrons. The molecule has 0 unspecified atom stereocenters. The number of hydrogen-bond donors (Lipinski definition) is 2. The zero-order chi connectivity index (χ0) is 15.9. The molecule has 0 radical (unpaired) electrons. The van der Waals surface area contributed by atoms with Crippen LogP contribution in [0.5, 0.6) is 0 Å². The molecule has 1 rings (SSSR count). The number of sulfonamides is 1. The van der Waals surface area contributed by atoms with E-state index in [2.05, 4.69) is 4.72 Å². The second-order valence-electron chi connectivity index (χ2n) is 4.55. The number of hydrogen-bond acceptors (Lipinski definition) is 4. The van der Waals surface area contributed by atoms with Crippen molar-refractivity contribution in [3.63, 3.8) is 0 Å². The van der Waals surface area contributed by atoms with Crippen LogP contribution in [0.1, 0.15) is 18.9 Å². The van der Waals surface area contributed by atoms with Gasteiger partial charge in [0.25, 0.3) is 0 Å². The van der Waals surface area contributed by atoms with E-state index in [-0.39, 0.29) is 17.4 Å². The molecule has 0 atom stereocenters. The van der Waals surface area contributed by atoms with Gasteiger partial charge in [0.05, 0.1) is 11.5 Å². The summed E-state index contributed by atoms with van der Waals surface area (Å²) in [7, 11) is -2.06. The van der Waals surface area contributed by atoms with E-state index in [4.69, 9.17) is 5.11 Å². The Bertz CT molecular complexity index is 555. The van der Waals surface area contributed by atoms with E-state index in [0.717, 1.165) is 5.56 Å². The summed E-state index contributed by atoms with van der Waals surface area (Å²) in [5.41, 5.74) is 0.901. The fourth-order valence-electron chi connectivity index (χ4n) is 1.94. The number of carbonyl (C=O) groups is 1. The molecule has 6 nitrogen and oxygen atoms in total. The SMILES string of the molecule is CCN(CCO)C(=O)CCc1ccc(S(=O)(=O)NC)cc1. The Morgan fingerprint density at radius 3 is 2.38 bits per heavy atom. The number of aryl methyl sites for hydroxylation is 1. The Morgan fingerprint density at radius 2 is 1.90 bits per heavy atom. The predicted molar refractivity (Wildman–Crippen MR) is 80.3 cm³/mol. The highest BCUT2D eigenvalue weighted by atomic mass is 32.2. The van der Waals surface area contributed by atoms with E-state index in [9.17, 15) is 13.2 Å². The van der Waals surface area contributed by atoms with Crippen LogP contribution in [-0.2, 0) is 21.2 Å². The highest BCUT2D eigenvalue weighted by Crippen LogP contribution is 2.12. The van der Waals surface area contributed by atoms with E-state index in [1.807, 2.05) is 6.92 Å². The Balaban J connectivity index is 2.63. The van der Waals surface area contributed by atoms with E-state index < -0.39 is 10.0 Å². The van der Waals surface area contributed by atoms with Crippen molar-refractivity contribution in [2.45, 2.75) is 24.7 Å². The number of amides is 1. The number of aliphatic hydroxyl groups is 1. The van der Waals surface area contributed by atoms with Crippen LogP contribution in [0, 0.1) is 0 Å². The summed E-state index contributed by atoms with van der Waals surface area (Å²) in [5.74, 6) is -0.0153. The summed E-state index contributed by atoms with van der Waals surface area (Å²) < 4.78 is 25.4. The van der Waals surface area contributed by atoms with Gasteiger partial charge >= 0.3 is 0 Å². The van der Waals surface area contributed by atoms with E-state index in [1.54, 1.807) is 17.0 Å². The number of likely N-dealkylation sites (N-methyl/N-ethyl adjacent to an activating group) is 1. The molecule has 0 aromatic heterocycles. The number of nitrogens with zero attached hydrogens (tertiary/aromatic N) is 1.